The molecule has 0 aliphatic rings. The third kappa shape index (κ3) is 3.41. The molecule has 0 saturated carbocycles. The molecule has 0 spiro atoms. The molecule has 1 aromatic rings. The smallest absolute Gasteiger partial charge is 0.0895 e. The van der Waals surface area contributed by atoms with Crippen LogP contribution >= 0.6 is 0 Å². The quantitative estimate of drug-likeness (QED) is 0.624. The van der Waals surface area contributed by atoms with Crippen LogP contribution in [0.2, 0.25) is 0 Å². The largest absolute Gasteiger partial charge is 0.394 e. The van der Waals surface area contributed by atoms with Crippen LogP contribution in [0.4, 0.5) is 0 Å². The van der Waals surface area contributed by atoms with Crippen molar-refractivity contribution in [3.63, 3.8) is 0 Å². The predicted molar refractivity (Wildman–Crippen MR) is 53.7 cm³/mol. The summed E-state index contributed by atoms with van der Waals surface area (Å²) in [6, 6.07) is 3.97. The Morgan fingerprint density at radius 3 is 2.93 bits per heavy atom. The Bertz CT molecular complexity index is 254. The van der Waals surface area contributed by atoms with Crippen molar-refractivity contribution < 1.29 is 10.2 Å². The lowest BCUT2D eigenvalue weighted by Gasteiger charge is -2.15. The number of nitrogens with zero attached hydrogens (tertiary/aromatic N) is 1. The number of aliphatic hydroxyl groups is 2. The first-order chi connectivity index (χ1) is 6.74. The fraction of sp³-hybridized carbons (Fsp3) is 0.500. The van der Waals surface area contributed by atoms with Crippen molar-refractivity contribution in [1.29, 1.82) is 0 Å². The van der Waals surface area contributed by atoms with Gasteiger partial charge >= 0.3 is 0 Å². The lowest BCUT2D eigenvalue weighted by Crippen LogP contribution is -2.31. The molecule has 4 nitrogen and oxygen atoms in total. The maximum absolute atomic E-state index is 9.13. The molecule has 0 saturated heterocycles. The number of pyridine rings is 1. The third-order valence-corrected chi connectivity index (χ3v) is 2.05. The predicted octanol–water partition coefficient (Wildman–Crippen LogP) is 0.0854. The van der Waals surface area contributed by atoms with E-state index in [0.717, 1.165) is 5.56 Å². The lowest BCUT2D eigenvalue weighted by atomic mass is 10.1. The van der Waals surface area contributed by atoms with Gasteiger partial charge < -0.3 is 15.5 Å². The van der Waals surface area contributed by atoms with E-state index in [4.69, 9.17) is 10.2 Å². The summed E-state index contributed by atoms with van der Waals surface area (Å²) in [5, 5.41) is 20.8. The highest BCUT2D eigenvalue weighted by atomic mass is 16.3. The highest BCUT2D eigenvalue weighted by molar-refractivity contribution is 5.12. The minimum absolute atomic E-state index is 0.130. The summed E-state index contributed by atoms with van der Waals surface area (Å²) in [6.07, 6.45) is 2.80. The minimum Gasteiger partial charge on any atom is -0.394 e. The van der Waals surface area contributed by atoms with Crippen LogP contribution in [0.3, 0.4) is 0 Å². The molecule has 78 valence electrons. The molecule has 0 unspecified atom stereocenters. The van der Waals surface area contributed by atoms with Crippen molar-refractivity contribution in [2.24, 2.45) is 0 Å². The zero-order valence-electron chi connectivity index (χ0n) is 8.22. The van der Waals surface area contributed by atoms with Gasteiger partial charge in [0.05, 0.1) is 12.7 Å². The Hall–Kier alpha value is -0.970. The van der Waals surface area contributed by atoms with Gasteiger partial charge in [-0.2, -0.15) is 0 Å². The molecule has 2 atom stereocenters. The van der Waals surface area contributed by atoms with Crippen molar-refractivity contribution >= 4 is 0 Å². The number of nitrogens with one attached hydrogen (secondary N) is 1. The summed E-state index contributed by atoms with van der Waals surface area (Å²) in [5.74, 6) is 0. The molecule has 3 N–H and O–H groups in total. The van der Waals surface area contributed by atoms with Crippen LogP contribution in [0.5, 0.6) is 0 Å². The summed E-state index contributed by atoms with van der Waals surface area (Å²) in [5.41, 5.74) is 1.07. The van der Waals surface area contributed by atoms with Gasteiger partial charge in [-0.05, 0) is 18.6 Å². The molecule has 0 fully saturated rings. The Labute approximate surface area is 83.6 Å². The molecule has 0 aromatic carbocycles. The van der Waals surface area contributed by atoms with Crippen LogP contribution in [-0.2, 0) is 0 Å². The van der Waals surface area contributed by atoms with Gasteiger partial charge in [0.25, 0.3) is 0 Å². The van der Waals surface area contributed by atoms with Crippen molar-refractivity contribution in [3.05, 3.63) is 30.1 Å². The van der Waals surface area contributed by atoms with E-state index in [1.807, 2.05) is 19.1 Å². The summed E-state index contributed by atoms with van der Waals surface area (Å²) in [7, 11) is 0. The molecule has 0 radical (unpaired) electrons. The summed E-state index contributed by atoms with van der Waals surface area (Å²) < 4.78 is 0. The van der Waals surface area contributed by atoms with Crippen molar-refractivity contribution in [2.45, 2.75) is 19.1 Å². The molecule has 1 heterocycles. The fourth-order valence-electron chi connectivity index (χ4n) is 1.13. The first-order valence-electron chi connectivity index (χ1n) is 4.66. The van der Waals surface area contributed by atoms with E-state index in [9.17, 15) is 0 Å². The number of aliphatic hydroxyl groups excluding tert-OH is 2. The van der Waals surface area contributed by atoms with Gasteiger partial charge in [0.1, 0.15) is 0 Å². The second-order valence-electron chi connectivity index (χ2n) is 3.25. The number of hydrogen-bond donors (Lipinski definition) is 3. The van der Waals surface area contributed by atoms with Gasteiger partial charge in [-0.1, -0.05) is 6.07 Å². The lowest BCUT2D eigenvalue weighted by molar-refractivity contribution is 0.0924. The van der Waals surface area contributed by atoms with E-state index >= 15 is 0 Å². The first-order valence-corrected chi connectivity index (χ1v) is 4.66. The minimum atomic E-state index is -0.700. The van der Waals surface area contributed by atoms with Gasteiger partial charge in [-0.25, -0.2) is 0 Å². The Morgan fingerprint density at radius 2 is 2.36 bits per heavy atom. The van der Waals surface area contributed by atoms with Gasteiger partial charge in [-0.15, -0.1) is 0 Å². The van der Waals surface area contributed by atoms with Crippen LogP contribution in [0, 0.1) is 0 Å². The summed E-state index contributed by atoms with van der Waals surface area (Å²) in [4.78, 5) is 4.00. The molecule has 0 aliphatic carbocycles. The van der Waals surface area contributed by atoms with Gasteiger partial charge in [-0.3, -0.25) is 4.98 Å². The topological polar surface area (TPSA) is 65.4 Å². The molecule has 0 bridgehead atoms. The Balaban J connectivity index is 2.39. The zero-order chi connectivity index (χ0) is 10.4. The number of aromatic nitrogens is 1. The average molecular weight is 196 g/mol. The van der Waals surface area contributed by atoms with E-state index in [2.05, 4.69) is 10.3 Å². The molecule has 0 aliphatic heterocycles. The van der Waals surface area contributed by atoms with E-state index in [0.29, 0.717) is 6.54 Å². The molecular formula is C10H16N2O2. The van der Waals surface area contributed by atoms with Crippen LogP contribution in [-0.4, -0.2) is 34.5 Å². The SMILES string of the molecule is C[C@H](NC[C@H](O)CO)c1cccnc1. The van der Waals surface area contributed by atoms with Crippen LogP contribution in [0.1, 0.15) is 18.5 Å². The van der Waals surface area contributed by atoms with Gasteiger partial charge in [0, 0.05) is 25.0 Å². The zero-order valence-corrected chi connectivity index (χ0v) is 8.22. The highest BCUT2D eigenvalue weighted by Crippen LogP contribution is 2.09. The Morgan fingerprint density at radius 1 is 1.57 bits per heavy atom. The summed E-state index contributed by atoms with van der Waals surface area (Å²) in [6.45, 7) is 2.15. The number of hydrogen-bond acceptors (Lipinski definition) is 4. The van der Waals surface area contributed by atoms with E-state index in [-0.39, 0.29) is 12.6 Å². The van der Waals surface area contributed by atoms with Crippen molar-refractivity contribution in [1.82, 2.24) is 10.3 Å². The Kier molecular flexibility index (Phi) is 4.52. The average Bonchev–Trinajstić information content (AvgIpc) is 2.26. The standard InChI is InChI=1S/C10H16N2O2/c1-8(12-6-10(14)7-13)9-3-2-4-11-5-9/h2-5,8,10,12-14H,6-7H2,1H3/t8-,10-/m0/s1. The molecule has 1 aromatic heterocycles. The van der Waals surface area contributed by atoms with Gasteiger partial charge in [0.2, 0.25) is 0 Å². The monoisotopic (exact) mass is 196 g/mol. The van der Waals surface area contributed by atoms with Crippen molar-refractivity contribution in [2.75, 3.05) is 13.2 Å². The van der Waals surface area contributed by atoms with Crippen LogP contribution in [0.15, 0.2) is 24.5 Å². The fourth-order valence-corrected chi connectivity index (χ4v) is 1.13. The van der Waals surface area contributed by atoms with Crippen LogP contribution in [0.25, 0.3) is 0 Å². The normalized spacial score (nSPS) is 15.1. The maximum atomic E-state index is 9.13. The maximum Gasteiger partial charge on any atom is 0.0895 e. The first kappa shape index (κ1) is 11.1. The van der Waals surface area contributed by atoms with Crippen LogP contribution < -0.4 is 5.32 Å². The number of rotatable bonds is 5. The van der Waals surface area contributed by atoms with E-state index in [1.54, 1.807) is 12.4 Å². The molecule has 4 heteroatoms. The van der Waals surface area contributed by atoms with E-state index < -0.39 is 6.10 Å². The second-order valence-corrected chi connectivity index (χ2v) is 3.25. The molecular weight excluding hydrogens is 180 g/mol. The summed E-state index contributed by atoms with van der Waals surface area (Å²) >= 11 is 0. The molecule has 0 amide bonds. The van der Waals surface area contributed by atoms with Gasteiger partial charge in [0.15, 0.2) is 0 Å². The second kappa shape index (κ2) is 5.70. The molecule has 1 rings (SSSR count). The van der Waals surface area contributed by atoms with Crippen molar-refractivity contribution in [3.8, 4) is 0 Å². The molecule has 14 heavy (non-hydrogen) atoms. The highest BCUT2D eigenvalue weighted by Gasteiger charge is 2.07. The third-order valence-electron chi connectivity index (χ3n) is 2.05. The van der Waals surface area contributed by atoms with E-state index in [1.165, 1.54) is 0 Å².